The molecule has 0 aromatic carbocycles. The fourth-order valence-corrected chi connectivity index (χ4v) is 0.525. The van der Waals surface area contributed by atoms with Crippen molar-refractivity contribution in [1.29, 1.82) is 0 Å². The second kappa shape index (κ2) is 2.05. The fourth-order valence-electron chi connectivity index (χ4n) is 0.525. The Bertz CT molecular complexity index is 99.6. The van der Waals surface area contributed by atoms with Gasteiger partial charge in [0, 0.05) is 18.3 Å². The van der Waals surface area contributed by atoms with E-state index in [-0.39, 0.29) is 6.29 Å². The topological polar surface area (TPSA) is 50.7 Å². The highest BCUT2D eigenvalue weighted by Crippen LogP contribution is 1.94. The van der Waals surface area contributed by atoms with Gasteiger partial charge in [-0.15, -0.1) is 0 Å². The molecule has 3 heteroatoms. The molecule has 44 valence electrons. The standard InChI is InChI=1S/C5H9N3/c1-4-2-7-5(6)8-3-4/h2-5H,6H2,1H3. The summed E-state index contributed by atoms with van der Waals surface area (Å²) in [7, 11) is 0. The van der Waals surface area contributed by atoms with Crippen LogP contribution in [0.3, 0.4) is 0 Å². The highest BCUT2D eigenvalue weighted by Gasteiger charge is 2.00. The van der Waals surface area contributed by atoms with Crippen molar-refractivity contribution >= 4 is 12.4 Å². The third kappa shape index (κ3) is 1.13. The lowest BCUT2D eigenvalue weighted by Crippen LogP contribution is -2.20. The molecule has 0 unspecified atom stereocenters. The minimum atomic E-state index is -0.341. The van der Waals surface area contributed by atoms with Gasteiger partial charge in [-0.3, -0.25) is 15.7 Å². The summed E-state index contributed by atoms with van der Waals surface area (Å²) in [6, 6.07) is 0. The molecule has 0 amide bonds. The zero-order chi connectivity index (χ0) is 5.98. The van der Waals surface area contributed by atoms with Gasteiger partial charge in [-0.25, -0.2) is 0 Å². The molecule has 0 saturated heterocycles. The molecular weight excluding hydrogens is 102 g/mol. The molecule has 2 N–H and O–H groups in total. The molecule has 0 aromatic rings. The van der Waals surface area contributed by atoms with E-state index in [9.17, 15) is 0 Å². The largest absolute Gasteiger partial charge is 0.291 e. The maximum absolute atomic E-state index is 5.30. The molecule has 0 atom stereocenters. The van der Waals surface area contributed by atoms with Crippen molar-refractivity contribution in [2.45, 2.75) is 13.2 Å². The minimum absolute atomic E-state index is 0.341. The zero-order valence-electron chi connectivity index (χ0n) is 4.78. The van der Waals surface area contributed by atoms with Crippen molar-refractivity contribution in [3.8, 4) is 0 Å². The number of rotatable bonds is 0. The summed E-state index contributed by atoms with van der Waals surface area (Å²) >= 11 is 0. The van der Waals surface area contributed by atoms with Gasteiger partial charge in [-0.05, 0) is 0 Å². The Morgan fingerprint density at radius 3 is 2.25 bits per heavy atom. The summed E-state index contributed by atoms with van der Waals surface area (Å²) < 4.78 is 0. The van der Waals surface area contributed by atoms with Crippen molar-refractivity contribution in [2.24, 2.45) is 21.6 Å². The van der Waals surface area contributed by atoms with E-state index in [1.54, 1.807) is 12.4 Å². The van der Waals surface area contributed by atoms with E-state index in [2.05, 4.69) is 9.98 Å². The van der Waals surface area contributed by atoms with Gasteiger partial charge in [0.2, 0.25) is 0 Å². The summed E-state index contributed by atoms with van der Waals surface area (Å²) in [5.41, 5.74) is 5.30. The van der Waals surface area contributed by atoms with Crippen LogP contribution in [0.5, 0.6) is 0 Å². The zero-order valence-corrected chi connectivity index (χ0v) is 4.78. The SMILES string of the molecule is CC1C=NC(N)N=C1. The Balaban J connectivity index is 2.54. The molecule has 3 nitrogen and oxygen atoms in total. The average Bonchev–Trinajstić information content (AvgIpc) is 1.77. The number of hydrogen-bond acceptors (Lipinski definition) is 3. The molecule has 1 aliphatic rings. The van der Waals surface area contributed by atoms with E-state index < -0.39 is 0 Å². The highest BCUT2D eigenvalue weighted by molar-refractivity contribution is 5.84. The van der Waals surface area contributed by atoms with Crippen LogP contribution in [0, 0.1) is 5.92 Å². The summed E-state index contributed by atoms with van der Waals surface area (Å²) in [6.07, 6.45) is 3.26. The van der Waals surface area contributed by atoms with Gasteiger partial charge in [-0.2, -0.15) is 0 Å². The lowest BCUT2D eigenvalue weighted by molar-refractivity contribution is 0.737. The summed E-state index contributed by atoms with van der Waals surface area (Å²) in [4.78, 5) is 7.73. The molecule has 1 heterocycles. The van der Waals surface area contributed by atoms with Gasteiger partial charge >= 0.3 is 0 Å². The molecule has 0 saturated carbocycles. The van der Waals surface area contributed by atoms with Gasteiger partial charge in [0.25, 0.3) is 0 Å². The first-order valence-corrected chi connectivity index (χ1v) is 2.61. The van der Waals surface area contributed by atoms with Crippen LogP contribution in [0.4, 0.5) is 0 Å². The Morgan fingerprint density at radius 2 is 1.88 bits per heavy atom. The molecule has 0 radical (unpaired) electrons. The van der Waals surface area contributed by atoms with Crippen LogP contribution >= 0.6 is 0 Å². The van der Waals surface area contributed by atoms with Gasteiger partial charge in [0.1, 0.15) is 0 Å². The monoisotopic (exact) mass is 111 g/mol. The molecule has 1 rings (SSSR count). The molecule has 8 heavy (non-hydrogen) atoms. The van der Waals surface area contributed by atoms with Crippen LogP contribution in [0.2, 0.25) is 0 Å². The van der Waals surface area contributed by atoms with Crippen LogP contribution in [0.15, 0.2) is 9.98 Å². The smallest absolute Gasteiger partial charge is 0.190 e. The second-order valence-electron chi connectivity index (χ2n) is 1.87. The molecular formula is C5H9N3. The maximum atomic E-state index is 5.30. The quantitative estimate of drug-likeness (QED) is 0.470. The lowest BCUT2D eigenvalue weighted by atomic mass is 10.2. The van der Waals surface area contributed by atoms with Gasteiger partial charge < -0.3 is 0 Å². The summed E-state index contributed by atoms with van der Waals surface area (Å²) in [6.45, 7) is 2.01. The summed E-state index contributed by atoms with van der Waals surface area (Å²) in [5.74, 6) is 0.356. The first-order chi connectivity index (χ1) is 3.79. The predicted molar refractivity (Wildman–Crippen MR) is 34.1 cm³/mol. The van der Waals surface area contributed by atoms with Crippen LogP contribution in [-0.4, -0.2) is 18.7 Å². The molecule has 0 aromatic heterocycles. The van der Waals surface area contributed by atoms with Crippen molar-refractivity contribution < 1.29 is 0 Å². The first-order valence-electron chi connectivity index (χ1n) is 2.61. The number of nitrogens with two attached hydrogens (primary N) is 1. The van der Waals surface area contributed by atoms with Crippen LogP contribution < -0.4 is 5.73 Å². The normalized spacial score (nSPS) is 35.8. The number of nitrogens with zero attached hydrogens (tertiary/aromatic N) is 2. The van der Waals surface area contributed by atoms with E-state index in [1.165, 1.54) is 0 Å². The Morgan fingerprint density at radius 1 is 1.38 bits per heavy atom. The van der Waals surface area contributed by atoms with Crippen LogP contribution in [-0.2, 0) is 0 Å². The second-order valence-corrected chi connectivity index (χ2v) is 1.87. The van der Waals surface area contributed by atoms with E-state index >= 15 is 0 Å². The van der Waals surface area contributed by atoms with Gasteiger partial charge in [0.05, 0.1) is 0 Å². The van der Waals surface area contributed by atoms with Crippen molar-refractivity contribution in [2.75, 3.05) is 0 Å². The van der Waals surface area contributed by atoms with Gasteiger partial charge in [0.15, 0.2) is 6.29 Å². The highest BCUT2D eigenvalue weighted by atomic mass is 15.1. The average molecular weight is 111 g/mol. The molecule has 0 spiro atoms. The van der Waals surface area contributed by atoms with E-state index in [4.69, 9.17) is 5.73 Å². The molecule has 0 aliphatic carbocycles. The maximum Gasteiger partial charge on any atom is 0.190 e. The molecule has 0 bridgehead atoms. The lowest BCUT2D eigenvalue weighted by Gasteiger charge is -2.06. The van der Waals surface area contributed by atoms with Crippen molar-refractivity contribution in [3.63, 3.8) is 0 Å². The Labute approximate surface area is 48.3 Å². The minimum Gasteiger partial charge on any atom is -0.291 e. The third-order valence-corrected chi connectivity index (χ3v) is 0.948. The van der Waals surface area contributed by atoms with Crippen LogP contribution in [0.25, 0.3) is 0 Å². The molecule has 0 fully saturated rings. The van der Waals surface area contributed by atoms with E-state index in [1.807, 2.05) is 6.92 Å². The summed E-state index contributed by atoms with van der Waals surface area (Å²) in [5, 5.41) is 0. The van der Waals surface area contributed by atoms with Crippen molar-refractivity contribution in [1.82, 2.24) is 0 Å². The number of hydrogen-bond donors (Lipinski definition) is 1. The Kier molecular flexibility index (Phi) is 1.39. The van der Waals surface area contributed by atoms with E-state index in [0.29, 0.717) is 5.92 Å². The predicted octanol–water partition coefficient (Wildman–Crippen LogP) is 0.0200. The van der Waals surface area contributed by atoms with E-state index in [0.717, 1.165) is 0 Å². The Hall–Kier alpha value is -0.700. The van der Waals surface area contributed by atoms with Gasteiger partial charge in [-0.1, -0.05) is 6.92 Å². The fraction of sp³-hybridized carbons (Fsp3) is 0.600. The molecule has 1 aliphatic heterocycles. The first kappa shape index (κ1) is 5.44. The number of aliphatic imine (C=N–C) groups is 2. The van der Waals surface area contributed by atoms with Crippen LogP contribution in [0.1, 0.15) is 6.92 Å². The van der Waals surface area contributed by atoms with Crippen molar-refractivity contribution in [3.05, 3.63) is 0 Å². The third-order valence-electron chi connectivity index (χ3n) is 0.948.